The van der Waals surface area contributed by atoms with Crippen LogP contribution in [0.5, 0.6) is 0 Å². The van der Waals surface area contributed by atoms with Crippen molar-refractivity contribution >= 4 is 27.9 Å². The van der Waals surface area contributed by atoms with Crippen LogP contribution in [0, 0.1) is 5.82 Å². The van der Waals surface area contributed by atoms with Crippen molar-refractivity contribution in [1.29, 1.82) is 0 Å². The Kier molecular flexibility index (Phi) is 5.28. The molecule has 2 aromatic rings. The fraction of sp³-hybridized carbons (Fsp3) is 0.118. The summed E-state index contributed by atoms with van der Waals surface area (Å²) >= 11 is 3.38. The van der Waals surface area contributed by atoms with E-state index >= 15 is 0 Å². The van der Waals surface area contributed by atoms with Crippen molar-refractivity contribution in [1.82, 2.24) is 5.32 Å². The molecule has 2 aromatic carbocycles. The first-order valence-corrected chi connectivity index (χ1v) is 7.33. The van der Waals surface area contributed by atoms with Crippen LogP contribution in [0.3, 0.4) is 0 Å². The molecule has 4 heteroatoms. The van der Waals surface area contributed by atoms with E-state index in [4.69, 9.17) is 0 Å². The molecule has 1 atom stereocenters. The van der Waals surface area contributed by atoms with Crippen LogP contribution < -0.4 is 5.32 Å². The number of nitrogens with one attached hydrogen (secondary N) is 1. The van der Waals surface area contributed by atoms with Gasteiger partial charge in [-0.05, 0) is 48.4 Å². The highest BCUT2D eigenvalue weighted by atomic mass is 79.9. The molecule has 0 radical (unpaired) electrons. The average molecular weight is 348 g/mol. The molecule has 0 saturated carbocycles. The first kappa shape index (κ1) is 15.4. The Morgan fingerprint density at radius 3 is 2.38 bits per heavy atom. The van der Waals surface area contributed by atoms with Crippen LogP contribution in [0.2, 0.25) is 0 Å². The van der Waals surface area contributed by atoms with Crippen molar-refractivity contribution in [3.8, 4) is 0 Å². The number of amides is 1. The Bertz CT molecular complexity index is 635. The summed E-state index contributed by atoms with van der Waals surface area (Å²) < 4.78 is 13.8. The lowest BCUT2D eigenvalue weighted by atomic mass is 10.1. The Morgan fingerprint density at radius 1 is 1.14 bits per heavy atom. The topological polar surface area (TPSA) is 29.1 Å². The predicted molar refractivity (Wildman–Crippen MR) is 86.1 cm³/mol. The van der Waals surface area contributed by atoms with Crippen LogP contribution in [0.15, 0.2) is 59.1 Å². The minimum absolute atomic E-state index is 0.0801. The monoisotopic (exact) mass is 347 g/mol. The summed E-state index contributed by atoms with van der Waals surface area (Å²) in [5.41, 5.74) is 1.81. The summed E-state index contributed by atoms with van der Waals surface area (Å²) in [6.07, 6.45) is 3.10. The lowest BCUT2D eigenvalue weighted by Crippen LogP contribution is -2.24. The first-order valence-electron chi connectivity index (χ1n) is 6.54. The number of carbonyl (C=O) groups is 1. The van der Waals surface area contributed by atoms with Crippen molar-refractivity contribution in [2.24, 2.45) is 0 Å². The maximum atomic E-state index is 12.8. The van der Waals surface area contributed by atoms with Gasteiger partial charge in [0.25, 0.3) is 0 Å². The number of halogens is 2. The Morgan fingerprint density at radius 2 is 1.76 bits per heavy atom. The van der Waals surface area contributed by atoms with E-state index < -0.39 is 0 Å². The molecule has 0 fully saturated rings. The van der Waals surface area contributed by atoms with E-state index in [1.54, 1.807) is 18.2 Å². The van der Waals surface area contributed by atoms with Gasteiger partial charge in [-0.15, -0.1) is 0 Å². The summed E-state index contributed by atoms with van der Waals surface area (Å²) in [5, 5.41) is 2.88. The molecule has 0 saturated heterocycles. The van der Waals surface area contributed by atoms with Gasteiger partial charge in [-0.1, -0.05) is 40.2 Å². The van der Waals surface area contributed by atoms with Crippen molar-refractivity contribution in [2.45, 2.75) is 13.0 Å². The average Bonchev–Trinajstić information content (AvgIpc) is 2.47. The van der Waals surface area contributed by atoms with Crippen molar-refractivity contribution in [2.75, 3.05) is 0 Å². The molecule has 1 N–H and O–H groups in total. The van der Waals surface area contributed by atoms with Gasteiger partial charge < -0.3 is 5.32 Å². The second-order valence-corrected chi connectivity index (χ2v) is 5.58. The third-order valence-electron chi connectivity index (χ3n) is 3.03. The van der Waals surface area contributed by atoms with Gasteiger partial charge in [0.15, 0.2) is 0 Å². The van der Waals surface area contributed by atoms with E-state index in [-0.39, 0.29) is 17.8 Å². The number of rotatable bonds is 4. The maximum Gasteiger partial charge on any atom is 0.244 e. The van der Waals surface area contributed by atoms with Gasteiger partial charge in [0, 0.05) is 10.5 Å². The number of benzene rings is 2. The second-order valence-electron chi connectivity index (χ2n) is 4.67. The second kappa shape index (κ2) is 7.18. The molecule has 2 nitrogen and oxygen atoms in total. The minimum atomic E-state index is -0.291. The van der Waals surface area contributed by atoms with E-state index in [0.717, 1.165) is 15.6 Å². The molecule has 0 heterocycles. The quantitative estimate of drug-likeness (QED) is 0.811. The van der Waals surface area contributed by atoms with Gasteiger partial charge in [-0.25, -0.2) is 4.39 Å². The fourth-order valence-electron chi connectivity index (χ4n) is 1.84. The molecule has 108 valence electrons. The summed E-state index contributed by atoms with van der Waals surface area (Å²) in [6.45, 7) is 1.92. The Labute approximate surface area is 131 Å². The molecule has 0 aliphatic carbocycles. The smallest absolute Gasteiger partial charge is 0.244 e. The van der Waals surface area contributed by atoms with Gasteiger partial charge in [-0.2, -0.15) is 0 Å². The van der Waals surface area contributed by atoms with Gasteiger partial charge in [0.1, 0.15) is 5.82 Å². The molecule has 0 bridgehead atoms. The third-order valence-corrected chi connectivity index (χ3v) is 3.55. The van der Waals surface area contributed by atoms with Crippen molar-refractivity contribution < 1.29 is 9.18 Å². The minimum Gasteiger partial charge on any atom is -0.346 e. The van der Waals surface area contributed by atoms with Gasteiger partial charge >= 0.3 is 0 Å². The van der Waals surface area contributed by atoms with Gasteiger partial charge in [0.2, 0.25) is 5.91 Å². The molecule has 21 heavy (non-hydrogen) atoms. The highest BCUT2D eigenvalue weighted by Crippen LogP contribution is 2.16. The van der Waals surface area contributed by atoms with Crippen molar-refractivity contribution in [3.63, 3.8) is 0 Å². The molecule has 2 rings (SSSR count). The van der Waals surface area contributed by atoms with Crippen LogP contribution in [0.25, 0.3) is 6.08 Å². The van der Waals surface area contributed by atoms with E-state index in [1.165, 1.54) is 18.2 Å². The zero-order valence-corrected chi connectivity index (χ0v) is 13.1. The van der Waals surface area contributed by atoms with E-state index in [2.05, 4.69) is 21.2 Å². The zero-order chi connectivity index (χ0) is 15.2. The zero-order valence-electron chi connectivity index (χ0n) is 11.5. The Hall–Kier alpha value is -1.94. The van der Waals surface area contributed by atoms with Crippen LogP contribution in [-0.2, 0) is 4.79 Å². The third kappa shape index (κ3) is 4.83. The normalized spacial score (nSPS) is 12.3. The van der Waals surface area contributed by atoms with Crippen molar-refractivity contribution in [3.05, 3.63) is 76.0 Å². The molecule has 0 spiro atoms. The largest absolute Gasteiger partial charge is 0.346 e. The lowest BCUT2D eigenvalue weighted by Gasteiger charge is -2.12. The van der Waals surface area contributed by atoms with E-state index in [1.807, 2.05) is 31.2 Å². The summed E-state index contributed by atoms with van der Waals surface area (Å²) in [5.74, 6) is -0.477. The van der Waals surface area contributed by atoms with Crippen LogP contribution in [0.1, 0.15) is 24.1 Å². The Balaban J connectivity index is 1.94. The van der Waals surface area contributed by atoms with Gasteiger partial charge in [-0.3, -0.25) is 4.79 Å². The molecular formula is C17H15BrFNO. The summed E-state index contributed by atoms with van der Waals surface area (Å²) in [4.78, 5) is 11.9. The number of hydrogen-bond acceptors (Lipinski definition) is 1. The van der Waals surface area contributed by atoms with Crippen LogP contribution in [-0.4, -0.2) is 5.91 Å². The summed E-state index contributed by atoms with van der Waals surface area (Å²) in [6, 6.07) is 13.7. The van der Waals surface area contributed by atoms with Crippen LogP contribution in [0.4, 0.5) is 4.39 Å². The lowest BCUT2D eigenvalue weighted by molar-refractivity contribution is -0.117. The standard InChI is InChI=1S/C17H15BrFNO/c1-12(14-5-7-15(18)8-6-14)20-17(21)11-4-13-2-9-16(19)10-3-13/h2-12H,1H3,(H,20,21)/b11-4+/t12-/m1/s1. The SMILES string of the molecule is C[C@@H](NC(=O)/C=C/c1ccc(F)cc1)c1ccc(Br)cc1. The molecule has 0 unspecified atom stereocenters. The van der Waals surface area contributed by atoms with E-state index in [9.17, 15) is 9.18 Å². The molecule has 0 aliphatic heterocycles. The molecular weight excluding hydrogens is 333 g/mol. The molecule has 0 aliphatic rings. The van der Waals surface area contributed by atoms with Gasteiger partial charge in [0.05, 0.1) is 6.04 Å². The predicted octanol–water partition coefficient (Wildman–Crippen LogP) is 4.48. The summed E-state index contributed by atoms with van der Waals surface area (Å²) in [7, 11) is 0. The first-order chi connectivity index (χ1) is 10.0. The fourth-order valence-corrected chi connectivity index (χ4v) is 2.11. The maximum absolute atomic E-state index is 12.8. The number of hydrogen-bond donors (Lipinski definition) is 1. The van der Waals surface area contributed by atoms with E-state index in [0.29, 0.717) is 0 Å². The number of carbonyl (C=O) groups excluding carboxylic acids is 1. The highest BCUT2D eigenvalue weighted by Gasteiger charge is 2.06. The molecule has 1 amide bonds. The molecule has 0 aromatic heterocycles. The highest BCUT2D eigenvalue weighted by molar-refractivity contribution is 9.10. The van der Waals surface area contributed by atoms with Crippen LogP contribution >= 0.6 is 15.9 Å².